The number of nitrogens with zero attached hydrogens (tertiary/aromatic N) is 1. The van der Waals surface area contributed by atoms with Crippen LogP contribution in [0, 0.1) is 6.92 Å². The summed E-state index contributed by atoms with van der Waals surface area (Å²) >= 11 is 0. The summed E-state index contributed by atoms with van der Waals surface area (Å²) in [6, 6.07) is 13.6. The van der Waals surface area contributed by atoms with Crippen LogP contribution in [0.4, 0.5) is 11.4 Å². The van der Waals surface area contributed by atoms with Gasteiger partial charge in [0.15, 0.2) is 12.4 Å². The highest BCUT2D eigenvalue weighted by Gasteiger charge is 2.31. The zero-order valence-electron chi connectivity index (χ0n) is 15.3. The lowest BCUT2D eigenvalue weighted by molar-refractivity contribution is -0.120. The Morgan fingerprint density at radius 3 is 3.00 bits per heavy atom. The van der Waals surface area contributed by atoms with Crippen molar-refractivity contribution in [2.75, 3.05) is 23.8 Å². The molecular formula is C21H23N3O3. The summed E-state index contributed by atoms with van der Waals surface area (Å²) in [5.41, 5.74) is 3.63. The number of nitrogens with one attached hydrogen (secondary N) is 2. The van der Waals surface area contributed by atoms with Crippen molar-refractivity contribution in [3.05, 3.63) is 53.6 Å². The minimum absolute atomic E-state index is 0.0333. The first-order valence-corrected chi connectivity index (χ1v) is 9.26. The van der Waals surface area contributed by atoms with Gasteiger partial charge in [0.2, 0.25) is 5.91 Å². The summed E-state index contributed by atoms with van der Waals surface area (Å²) in [4.78, 5) is 26.6. The molecule has 6 nitrogen and oxygen atoms in total. The molecule has 0 aromatic heterocycles. The summed E-state index contributed by atoms with van der Waals surface area (Å²) in [6.07, 6.45) is 1.84. The van der Waals surface area contributed by atoms with E-state index in [0.717, 1.165) is 25.9 Å². The maximum atomic E-state index is 12.9. The average molecular weight is 365 g/mol. The highest BCUT2D eigenvalue weighted by Crippen LogP contribution is 2.36. The van der Waals surface area contributed by atoms with Crippen molar-refractivity contribution in [3.63, 3.8) is 0 Å². The second-order valence-corrected chi connectivity index (χ2v) is 7.13. The molecule has 2 heterocycles. The number of aryl methyl sites for hydroxylation is 1. The van der Waals surface area contributed by atoms with Gasteiger partial charge in [-0.25, -0.2) is 0 Å². The van der Waals surface area contributed by atoms with Gasteiger partial charge in [-0.05, 0) is 44.0 Å². The molecular weight excluding hydrogens is 342 g/mol. The lowest BCUT2D eigenvalue weighted by atomic mass is 10.1. The van der Waals surface area contributed by atoms with E-state index in [2.05, 4.69) is 46.7 Å². The van der Waals surface area contributed by atoms with Crippen LogP contribution in [0.2, 0.25) is 0 Å². The van der Waals surface area contributed by atoms with Gasteiger partial charge in [0.25, 0.3) is 5.91 Å². The first kappa shape index (κ1) is 17.5. The number of rotatable bonds is 4. The molecule has 1 saturated heterocycles. The number of likely N-dealkylation sites (tertiary alicyclic amines) is 1. The molecule has 2 aliphatic heterocycles. The Hall–Kier alpha value is -2.86. The van der Waals surface area contributed by atoms with Crippen LogP contribution in [0.25, 0.3) is 0 Å². The number of amides is 2. The average Bonchev–Trinajstić information content (AvgIpc) is 3.10. The zero-order valence-corrected chi connectivity index (χ0v) is 15.3. The molecule has 2 aromatic carbocycles. The van der Waals surface area contributed by atoms with E-state index in [0.29, 0.717) is 17.1 Å². The molecule has 1 fully saturated rings. The number of anilines is 2. The van der Waals surface area contributed by atoms with Gasteiger partial charge in [-0.1, -0.05) is 35.9 Å². The first-order valence-electron chi connectivity index (χ1n) is 9.26. The van der Waals surface area contributed by atoms with E-state index in [4.69, 9.17) is 4.74 Å². The Morgan fingerprint density at radius 1 is 1.30 bits per heavy atom. The largest absolute Gasteiger partial charge is 0.479 e. The monoisotopic (exact) mass is 365 g/mol. The van der Waals surface area contributed by atoms with Crippen molar-refractivity contribution in [2.24, 2.45) is 0 Å². The van der Waals surface area contributed by atoms with Gasteiger partial charge in [-0.2, -0.15) is 0 Å². The molecule has 1 unspecified atom stereocenters. The van der Waals surface area contributed by atoms with Crippen molar-refractivity contribution in [1.29, 1.82) is 0 Å². The van der Waals surface area contributed by atoms with Gasteiger partial charge < -0.3 is 15.4 Å². The number of para-hydroxylation sites is 1. The number of carbonyl (C=O) groups is 2. The normalized spacial score (nSPS) is 19.1. The third-order valence-electron chi connectivity index (χ3n) is 5.03. The molecule has 0 radical (unpaired) electrons. The third kappa shape index (κ3) is 3.80. The summed E-state index contributed by atoms with van der Waals surface area (Å²) in [5, 5.41) is 5.76. The Kier molecular flexibility index (Phi) is 4.81. The van der Waals surface area contributed by atoms with Crippen LogP contribution < -0.4 is 15.4 Å². The van der Waals surface area contributed by atoms with E-state index in [1.54, 1.807) is 18.2 Å². The topological polar surface area (TPSA) is 70.7 Å². The number of benzene rings is 2. The Bertz CT molecular complexity index is 881. The second kappa shape index (κ2) is 7.40. The summed E-state index contributed by atoms with van der Waals surface area (Å²) < 4.78 is 5.53. The number of carbonyl (C=O) groups excluding carboxylic acids is 2. The smallest absolute Gasteiger partial charge is 0.262 e. The van der Waals surface area contributed by atoms with E-state index in [9.17, 15) is 9.59 Å². The van der Waals surface area contributed by atoms with Crippen LogP contribution in [0.3, 0.4) is 0 Å². The van der Waals surface area contributed by atoms with E-state index in [1.807, 2.05) is 0 Å². The van der Waals surface area contributed by atoms with E-state index < -0.39 is 0 Å². The maximum Gasteiger partial charge on any atom is 0.262 e. The molecule has 0 saturated carbocycles. The van der Waals surface area contributed by atoms with Crippen molar-refractivity contribution in [3.8, 4) is 5.75 Å². The SMILES string of the molecule is Cc1cccc(CN2CCCC2C(=O)Nc2cccc3c2OCC(=O)N3)c1. The quantitative estimate of drug-likeness (QED) is 0.874. The Morgan fingerprint density at radius 2 is 2.15 bits per heavy atom. The van der Waals surface area contributed by atoms with Gasteiger partial charge in [0, 0.05) is 6.54 Å². The summed E-state index contributed by atoms with van der Waals surface area (Å²) in [6.45, 7) is 3.71. The molecule has 2 amide bonds. The molecule has 2 N–H and O–H groups in total. The lowest BCUT2D eigenvalue weighted by Gasteiger charge is -2.25. The van der Waals surface area contributed by atoms with E-state index in [1.165, 1.54) is 11.1 Å². The fraction of sp³-hybridized carbons (Fsp3) is 0.333. The molecule has 0 spiro atoms. The molecule has 6 heteroatoms. The third-order valence-corrected chi connectivity index (χ3v) is 5.03. The standard InChI is InChI=1S/C21H23N3O3/c1-14-5-2-6-15(11-14)12-24-10-4-9-18(24)21(26)23-17-8-3-7-16-20(17)27-13-19(25)22-16/h2-3,5-8,11,18H,4,9-10,12-13H2,1H3,(H,22,25)(H,23,26). The number of hydrogen-bond acceptors (Lipinski definition) is 4. The summed E-state index contributed by atoms with van der Waals surface area (Å²) in [7, 11) is 0. The van der Waals surface area contributed by atoms with Crippen LogP contribution in [-0.2, 0) is 16.1 Å². The van der Waals surface area contributed by atoms with Crippen LogP contribution in [0.15, 0.2) is 42.5 Å². The zero-order chi connectivity index (χ0) is 18.8. The minimum atomic E-state index is -0.189. The van der Waals surface area contributed by atoms with Crippen molar-refractivity contribution >= 4 is 23.2 Å². The molecule has 4 rings (SSSR count). The van der Waals surface area contributed by atoms with E-state index >= 15 is 0 Å². The number of ether oxygens (including phenoxy) is 1. The Labute approximate surface area is 158 Å². The van der Waals surface area contributed by atoms with Gasteiger partial charge in [-0.3, -0.25) is 14.5 Å². The van der Waals surface area contributed by atoms with Crippen LogP contribution in [-0.4, -0.2) is 35.9 Å². The van der Waals surface area contributed by atoms with Crippen molar-refractivity contribution in [2.45, 2.75) is 32.4 Å². The maximum absolute atomic E-state index is 12.9. The second-order valence-electron chi connectivity index (χ2n) is 7.13. The van der Waals surface area contributed by atoms with Gasteiger partial charge in [0.05, 0.1) is 17.4 Å². The van der Waals surface area contributed by atoms with Gasteiger partial charge >= 0.3 is 0 Å². The lowest BCUT2D eigenvalue weighted by Crippen LogP contribution is -2.39. The molecule has 0 aliphatic carbocycles. The number of fused-ring (bicyclic) bond motifs is 1. The molecule has 0 bridgehead atoms. The highest BCUT2D eigenvalue weighted by atomic mass is 16.5. The highest BCUT2D eigenvalue weighted by molar-refractivity contribution is 6.01. The van der Waals surface area contributed by atoms with E-state index in [-0.39, 0.29) is 24.5 Å². The summed E-state index contributed by atoms with van der Waals surface area (Å²) in [5.74, 6) is 0.300. The Balaban J connectivity index is 1.48. The molecule has 1 atom stereocenters. The number of hydrogen-bond donors (Lipinski definition) is 2. The minimum Gasteiger partial charge on any atom is -0.479 e. The van der Waals surface area contributed by atoms with Crippen LogP contribution in [0.1, 0.15) is 24.0 Å². The van der Waals surface area contributed by atoms with Crippen molar-refractivity contribution in [1.82, 2.24) is 4.90 Å². The molecule has 2 aliphatic rings. The predicted octanol–water partition coefficient (Wildman–Crippen LogP) is 2.93. The van der Waals surface area contributed by atoms with Crippen LogP contribution >= 0.6 is 0 Å². The first-order chi connectivity index (χ1) is 13.1. The molecule has 2 aromatic rings. The van der Waals surface area contributed by atoms with Crippen molar-refractivity contribution < 1.29 is 14.3 Å². The predicted molar refractivity (Wildman–Crippen MR) is 104 cm³/mol. The van der Waals surface area contributed by atoms with Gasteiger partial charge in [0.1, 0.15) is 0 Å². The fourth-order valence-corrected chi connectivity index (χ4v) is 3.79. The van der Waals surface area contributed by atoms with Crippen LogP contribution in [0.5, 0.6) is 5.75 Å². The van der Waals surface area contributed by atoms with Gasteiger partial charge in [-0.15, -0.1) is 0 Å². The fourth-order valence-electron chi connectivity index (χ4n) is 3.79. The molecule has 140 valence electrons. The molecule has 27 heavy (non-hydrogen) atoms.